The van der Waals surface area contributed by atoms with E-state index in [2.05, 4.69) is 15.1 Å². The normalized spacial score (nSPS) is 13.9. The Kier molecular flexibility index (Phi) is 6.52. The molecule has 0 unspecified atom stereocenters. The third-order valence-electron chi connectivity index (χ3n) is 4.21. The van der Waals surface area contributed by atoms with Gasteiger partial charge in [-0.2, -0.15) is 9.82 Å². The van der Waals surface area contributed by atoms with E-state index in [0.717, 1.165) is 5.69 Å². The Bertz CT molecular complexity index is 984. The molecule has 1 amide bonds. The van der Waals surface area contributed by atoms with Gasteiger partial charge in [0.05, 0.1) is 22.2 Å². The van der Waals surface area contributed by atoms with Gasteiger partial charge in [-0.3, -0.25) is 4.79 Å². The van der Waals surface area contributed by atoms with E-state index in [1.165, 1.54) is 31.2 Å². The van der Waals surface area contributed by atoms with E-state index in [4.69, 9.17) is 11.6 Å². The molecular weight excluding hydrogens is 412 g/mol. The number of sulfonamides is 1. The van der Waals surface area contributed by atoms with Crippen molar-refractivity contribution >= 4 is 33.3 Å². The summed E-state index contributed by atoms with van der Waals surface area (Å²) in [6.45, 7) is 13.5. The highest BCUT2D eigenvalue weighted by molar-refractivity contribution is 7.89. The van der Waals surface area contributed by atoms with Gasteiger partial charge >= 0.3 is 0 Å². The van der Waals surface area contributed by atoms with Gasteiger partial charge in [0, 0.05) is 16.5 Å². The summed E-state index contributed by atoms with van der Waals surface area (Å²) in [5.41, 5.74) is 0.271. The molecule has 0 radical (unpaired) electrons. The molecule has 2 aromatic rings. The predicted molar refractivity (Wildman–Crippen MR) is 116 cm³/mol. The molecule has 0 fully saturated rings. The Morgan fingerprint density at radius 3 is 2.14 bits per heavy atom. The van der Waals surface area contributed by atoms with Crippen LogP contribution in [0.1, 0.15) is 54.2 Å². The van der Waals surface area contributed by atoms with Crippen LogP contribution in [0.4, 0.5) is 5.82 Å². The number of benzene rings is 1. The fraction of sp³-hybridized carbons (Fsp3) is 0.500. The highest BCUT2D eigenvalue weighted by atomic mass is 35.5. The average molecular weight is 441 g/mol. The van der Waals surface area contributed by atoms with Gasteiger partial charge in [0.2, 0.25) is 15.9 Å². The van der Waals surface area contributed by atoms with E-state index in [-0.39, 0.29) is 15.8 Å². The van der Waals surface area contributed by atoms with Crippen molar-refractivity contribution in [1.82, 2.24) is 14.5 Å². The van der Waals surface area contributed by atoms with E-state index in [0.29, 0.717) is 10.8 Å². The minimum atomic E-state index is -3.86. The summed E-state index contributed by atoms with van der Waals surface area (Å²) in [6, 6.07) is 6.58. The summed E-state index contributed by atoms with van der Waals surface area (Å²) in [5.74, 6) is 0.0402. The van der Waals surface area contributed by atoms with Gasteiger partial charge in [0.1, 0.15) is 5.82 Å². The quantitative estimate of drug-likeness (QED) is 0.737. The van der Waals surface area contributed by atoms with Crippen LogP contribution in [0.5, 0.6) is 0 Å². The Balaban J connectivity index is 2.23. The van der Waals surface area contributed by atoms with Crippen molar-refractivity contribution in [3.63, 3.8) is 0 Å². The number of rotatable bonds is 5. The van der Waals surface area contributed by atoms with Gasteiger partial charge in [-0.15, -0.1) is 0 Å². The monoisotopic (exact) mass is 440 g/mol. The first kappa shape index (κ1) is 23.4. The molecule has 0 spiro atoms. The Morgan fingerprint density at radius 1 is 1.10 bits per heavy atom. The molecule has 0 aliphatic heterocycles. The van der Waals surface area contributed by atoms with Gasteiger partial charge in [0.25, 0.3) is 0 Å². The molecule has 160 valence electrons. The van der Waals surface area contributed by atoms with Crippen molar-refractivity contribution < 1.29 is 13.2 Å². The lowest BCUT2D eigenvalue weighted by molar-refractivity contribution is -0.117. The number of amides is 1. The third-order valence-corrected chi connectivity index (χ3v) is 6.02. The molecule has 0 bridgehead atoms. The van der Waals surface area contributed by atoms with Crippen LogP contribution in [0.25, 0.3) is 0 Å². The minimum Gasteiger partial charge on any atom is -0.309 e. The molecule has 1 aromatic carbocycles. The van der Waals surface area contributed by atoms with Gasteiger partial charge in [-0.1, -0.05) is 32.4 Å². The van der Waals surface area contributed by atoms with Crippen molar-refractivity contribution in [3.8, 4) is 0 Å². The summed E-state index contributed by atoms with van der Waals surface area (Å²) in [5, 5.41) is 7.88. The van der Waals surface area contributed by atoms with Crippen LogP contribution < -0.4 is 10.0 Å². The second-order valence-electron chi connectivity index (χ2n) is 9.03. The number of carbonyl (C=O) groups is 1. The molecule has 1 aromatic heterocycles. The summed E-state index contributed by atoms with van der Waals surface area (Å²) in [7, 11) is -3.86. The Labute approximate surface area is 177 Å². The Hall–Kier alpha value is -1.90. The molecule has 9 heteroatoms. The first-order chi connectivity index (χ1) is 13.1. The fourth-order valence-corrected chi connectivity index (χ4v) is 3.88. The maximum absolute atomic E-state index is 12.7. The van der Waals surface area contributed by atoms with Crippen LogP contribution in [0, 0.1) is 0 Å². The van der Waals surface area contributed by atoms with Crippen molar-refractivity contribution in [3.05, 3.63) is 41.0 Å². The summed E-state index contributed by atoms with van der Waals surface area (Å²) in [4.78, 5) is 12.8. The zero-order valence-electron chi connectivity index (χ0n) is 17.9. The molecule has 0 aliphatic carbocycles. The number of hydrogen-bond acceptors (Lipinski definition) is 4. The molecule has 1 atom stereocenters. The maximum atomic E-state index is 12.7. The van der Waals surface area contributed by atoms with E-state index < -0.39 is 22.0 Å². The van der Waals surface area contributed by atoms with Crippen LogP contribution in [0.2, 0.25) is 5.02 Å². The lowest BCUT2D eigenvalue weighted by atomic mass is 9.92. The van der Waals surface area contributed by atoms with Crippen LogP contribution >= 0.6 is 11.6 Å². The maximum Gasteiger partial charge on any atom is 0.243 e. The largest absolute Gasteiger partial charge is 0.309 e. The average Bonchev–Trinajstić information content (AvgIpc) is 2.99. The predicted octanol–water partition coefficient (Wildman–Crippen LogP) is 3.89. The number of nitrogens with zero attached hydrogens (tertiary/aromatic N) is 2. The number of nitrogens with one attached hydrogen (secondary N) is 2. The van der Waals surface area contributed by atoms with E-state index in [1.54, 1.807) is 4.68 Å². The molecule has 29 heavy (non-hydrogen) atoms. The second kappa shape index (κ2) is 8.08. The van der Waals surface area contributed by atoms with E-state index in [9.17, 15) is 13.2 Å². The molecule has 2 N–H and O–H groups in total. The SMILES string of the molecule is C[C@H](NS(=O)(=O)c1ccc(Cl)cc1)C(=O)Nc1cc(C(C)(C)C)nn1C(C)(C)C. The first-order valence-electron chi connectivity index (χ1n) is 9.31. The van der Waals surface area contributed by atoms with Crippen molar-refractivity contribution in [2.75, 3.05) is 5.32 Å². The zero-order chi connectivity index (χ0) is 22.2. The van der Waals surface area contributed by atoms with Gasteiger partial charge in [-0.05, 0) is 52.0 Å². The van der Waals surface area contributed by atoms with E-state index in [1.807, 2.05) is 47.6 Å². The molecule has 0 saturated heterocycles. The molecule has 2 rings (SSSR count). The number of aromatic nitrogens is 2. The smallest absolute Gasteiger partial charge is 0.243 e. The summed E-state index contributed by atoms with van der Waals surface area (Å²) < 4.78 is 29.2. The molecule has 7 nitrogen and oxygen atoms in total. The van der Waals surface area contributed by atoms with Crippen LogP contribution in [-0.4, -0.2) is 30.1 Å². The van der Waals surface area contributed by atoms with Crippen molar-refractivity contribution in [2.45, 2.75) is 70.4 Å². The standard InChI is InChI=1S/C20H29ClN4O3S/c1-13(24-29(27,28)15-10-8-14(21)9-11-15)18(26)22-17-12-16(19(2,3)4)23-25(17)20(5,6)7/h8-13,24H,1-7H3,(H,22,26)/t13-/m0/s1. The van der Waals surface area contributed by atoms with E-state index >= 15 is 0 Å². The highest BCUT2D eigenvalue weighted by Crippen LogP contribution is 2.28. The van der Waals surface area contributed by atoms with Crippen LogP contribution in [0.15, 0.2) is 35.2 Å². The Morgan fingerprint density at radius 2 is 1.66 bits per heavy atom. The van der Waals surface area contributed by atoms with Gasteiger partial charge < -0.3 is 5.32 Å². The number of carbonyl (C=O) groups excluding carboxylic acids is 1. The summed E-state index contributed by atoms with van der Waals surface area (Å²) in [6.07, 6.45) is 0. The fourth-order valence-electron chi connectivity index (χ4n) is 2.55. The molecular formula is C20H29ClN4O3S. The summed E-state index contributed by atoms with van der Waals surface area (Å²) >= 11 is 5.81. The molecule has 0 saturated carbocycles. The minimum absolute atomic E-state index is 0.0382. The topological polar surface area (TPSA) is 93.1 Å². The number of halogens is 1. The number of anilines is 1. The lowest BCUT2D eigenvalue weighted by Crippen LogP contribution is -2.42. The lowest BCUT2D eigenvalue weighted by Gasteiger charge is -2.23. The van der Waals surface area contributed by atoms with Gasteiger partial charge in [-0.25, -0.2) is 13.1 Å². The zero-order valence-corrected chi connectivity index (χ0v) is 19.4. The molecule has 1 heterocycles. The van der Waals surface area contributed by atoms with Crippen LogP contribution in [0.3, 0.4) is 0 Å². The second-order valence-corrected chi connectivity index (χ2v) is 11.2. The van der Waals surface area contributed by atoms with Crippen molar-refractivity contribution in [2.24, 2.45) is 0 Å². The molecule has 0 aliphatic rings. The van der Waals surface area contributed by atoms with Gasteiger partial charge in [0.15, 0.2) is 0 Å². The highest BCUT2D eigenvalue weighted by Gasteiger charge is 2.28. The first-order valence-corrected chi connectivity index (χ1v) is 11.2. The number of hydrogen-bond donors (Lipinski definition) is 2. The van der Waals surface area contributed by atoms with Crippen LogP contribution in [-0.2, 0) is 25.8 Å². The van der Waals surface area contributed by atoms with Crippen molar-refractivity contribution in [1.29, 1.82) is 0 Å². The third kappa shape index (κ3) is 5.81.